The van der Waals surface area contributed by atoms with Crippen LogP contribution in [0, 0.1) is 5.41 Å². The Kier molecular flexibility index (Phi) is 4.10. The molecule has 0 aliphatic heterocycles. The number of pyridine rings is 1. The molecule has 1 heterocycles. The fourth-order valence-corrected chi connectivity index (χ4v) is 2.93. The van der Waals surface area contributed by atoms with Gasteiger partial charge in [-0.25, -0.2) is 18.5 Å². The van der Waals surface area contributed by atoms with Gasteiger partial charge in [0.05, 0.1) is 0 Å². The molecule has 1 amide bonds. The fourth-order valence-electron chi connectivity index (χ4n) is 2.47. The van der Waals surface area contributed by atoms with Crippen LogP contribution in [0.15, 0.2) is 23.2 Å². The molecule has 0 spiro atoms. The minimum Gasteiger partial charge on any atom is -0.350 e. The van der Waals surface area contributed by atoms with E-state index in [-0.39, 0.29) is 21.9 Å². The number of carbonyl (C=O) groups excluding carboxylic acids is 1. The highest BCUT2D eigenvalue weighted by Crippen LogP contribution is 2.36. The molecule has 1 aliphatic carbocycles. The van der Waals surface area contributed by atoms with Gasteiger partial charge in [0.1, 0.15) is 10.6 Å². The highest BCUT2D eigenvalue weighted by molar-refractivity contribution is 7.89. The molecule has 1 saturated carbocycles. The molecule has 6 nitrogen and oxygen atoms in total. The molecular formula is C13H19N3O3S. The second kappa shape index (κ2) is 5.49. The first-order valence-electron chi connectivity index (χ1n) is 6.57. The summed E-state index contributed by atoms with van der Waals surface area (Å²) in [4.78, 5) is 15.7. The Bertz CT molecular complexity index is 590. The van der Waals surface area contributed by atoms with Gasteiger partial charge in [0.25, 0.3) is 5.91 Å². The maximum Gasteiger partial charge on any atom is 0.269 e. The molecule has 1 fully saturated rings. The van der Waals surface area contributed by atoms with E-state index in [0.717, 1.165) is 19.0 Å². The number of hydrogen-bond donors (Lipinski definition) is 2. The van der Waals surface area contributed by atoms with Crippen LogP contribution >= 0.6 is 0 Å². The highest BCUT2D eigenvalue weighted by Gasteiger charge is 2.29. The molecule has 0 atom stereocenters. The Balaban J connectivity index is 1.99. The van der Waals surface area contributed by atoms with Crippen molar-refractivity contribution in [3.05, 3.63) is 24.0 Å². The molecule has 1 aromatic heterocycles. The number of nitrogens with one attached hydrogen (secondary N) is 1. The topological polar surface area (TPSA) is 102 Å². The molecule has 1 aliphatic rings. The molecular weight excluding hydrogens is 278 g/mol. The maximum absolute atomic E-state index is 12.0. The predicted octanol–water partition coefficient (Wildman–Crippen LogP) is 1.04. The summed E-state index contributed by atoms with van der Waals surface area (Å²) < 4.78 is 22.2. The average molecular weight is 297 g/mol. The number of carbonyl (C=O) groups is 1. The number of aromatic nitrogens is 1. The monoisotopic (exact) mass is 297 g/mol. The van der Waals surface area contributed by atoms with Gasteiger partial charge in [-0.15, -0.1) is 0 Å². The normalized spacial score (nSPS) is 17.9. The zero-order valence-corrected chi connectivity index (χ0v) is 12.2. The smallest absolute Gasteiger partial charge is 0.269 e. The molecule has 20 heavy (non-hydrogen) atoms. The Morgan fingerprint density at radius 1 is 1.40 bits per heavy atom. The van der Waals surface area contributed by atoms with Gasteiger partial charge in [0, 0.05) is 12.7 Å². The summed E-state index contributed by atoms with van der Waals surface area (Å²) in [6, 6.07) is 2.65. The van der Waals surface area contributed by atoms with E-state index in [0.29, 0.717) is 6.54 Å². The SMILES string of the molecule is CC1(CNC(=O)c2ccc(S(N)(=O)=O)cn2)CCCC1. The third kappa shape index (κ3) is 3.55. The summed E-state index contributed by atoms with van der Waals surface area (Å²) in [6.07, 6.45) is 5.74. The first-order chi connectivity index (χ1) is 9.30. The summed E-state index contributed by atoms with van der Waals surface area (Å²) in [5.41, 5.74) is 0.356. The Morgan fingerprint density at radius 3 is 2.55 bits per heavy atom. The van der Waals surface area contributed by atoms with Crippen molar-refractivity contribution >= 4 is 15.9 Å². The van der Waals surface area contributed by atoms with Gasteiger partial charge in [-0.3, -0.25) is 4.79 Å². The molecule has 0 unspecified atom stereocenters. The Morgan fingerprint density at radius 2 is 2.05 bits per heavy atom. The maximum atomic E-state index is 12.0. The van der Waals surface area contributed by atoms with Gasteiger partial charge in [-0.05, 0) is 30.4 Å². The van der Waals surface area contributed by atoms with E-state index in [9.17, 15) is 13.2 Å². The number of primary sulfonamides is 1. The predicted molar refractivity (Wildman–Crippen MR) is 74.5 cm³/mol. The molecule has 110 valence electrons. The summed E-state index contributed by atoms with van der Waals surface area (Å²) in [5, 5.41) is 7.83. The van der Waals surface area contributed by atoms with Crippen molar-refractivity contribution in [1.29, 1.82) is 0 Å². The standard InChI is InChI=1S/C13H19N3O3S/c1-13(6-2-3-7-13)9-16-12(17)11-5-4-10(8-15-11)20(14,18)19/h4-5,8H,2-3,6-7,9H2,1H3,(H,16,17)(H2,14,18,19). The first-order valence-corrected chi connectivity index (χ1v) is 8.12. The van der Waals surface area contributed by atoms with Crippen LogP contribution in [-0.2, 0) is 10.0 Å². The van der Waals surface area contributed by atoms with Crippen LogP contribution < -0.4 is 10.5 Å². The Hall–Kier alpha value is -1.47. The number of rotatable bonds is 4. The number of nitrogens with zero attached hydrogens (tertiary/aromatic N) is 1. The zero-order chi connectivity index (χ0) is 14.8. The van der Waals surface area contributed by atoms with Crippen molar-refractivity contribution in [2.24, 2.45) is 10.6 Å². The molecule has 3 N–H and O–H groups in total. The third-order valence-electron chi connectivity index (χ3n) is 3.78. The van der Waals surface area contributed by atoms with Crippen LogP contribution in [0.3, 0.4) is 0 Å². The van der Waals surface area contributed by atoms with Crippen LogP contribution in [-0.4, -0.2) is 25.9 Å². The largest absolute Gasteiger partial charge is 0.350 e. The van der Waals surface area contributed by atoms with Gasteiger partial charge < -0.3 is 5.32 Å². The van der Waals surface area contributed by atoms with Crippen LogP contribution in [0.4, 0.5) is 0 Å². The number of hydrogen-bond acceptors (Lipinski definition) is 4. The molecule has 0 aromatic carbocycles. The number of sulfonamides is 1. The molecule has 0 saturated heterocycles. The number of nitrogens with two attached hydrogens (primary N) is 1. The van der Waals surface area contributed by atoms with E-state index in [1.165, 1.54) is 25.0 Å². The summed E-state index contributed by atoms with van der Waals surface area (Å²) >= 11 is 0. The van der Waals surface area contributed by atoms with E-state index in [1.807, 2.05) is 0 Å². The molecule has 0 bridgehead atoms. The summed E-state index contributed by atoms with van der Waals surface area (Å²) in [6.45, 7) is 2.78. The second-order valence-corrected chi connectivity index (χ2v) is 7.19. The minimum absolute atomic E-state index is 0.100. The fraction of sp³-hybridized carbons (Fsp3) is 0.538. The Labute approximate surface area is 118 Å². The molecule has 0 radical (unpaired) electrons. The molecule has 7 heteroatoms. The second-order valence-electron chi connectivity index (χ2n) is 5.62. The minimum atomic E-state index is -3.77. The van der Waals surface area contributed by atoms with E-state index in [2.05, 4.69) is 17.2 Å². The molecule has 1 aromatic rings. The van der Waals surface area contributed by atoms with Gasteiger partial charge in [0.2, 0.25) is 10.0 Å². The van der Waals surface area contributed by atoms with Crippen molar-refractivity contribution in [1.82, 2.24) is 10.3 Å². The van der Waals surface area contributed by atoms with Crippen LogP contribution in [0.2, 0.25) is 0 Å². The lowest BCUT2D eigenvalue weighted by molar-refractivity contribution is 0.0929. The lowest BCUT2D eigenvalue weighted by Crippen LogP contribution is -2.34. The summed E-state index contributed by atoms with van der Waals surface area (Å²) in [5.74, 6) is -0.293. The van der Waals surface area contributed by atoms with E-state index < -0.39 is 10.0 Å². The van der Waals surface area contributed by atoms with Crippen molar-refractivity contribution in [3.8, 4) is 0 Å². The van der Waals surface area contributed by atoms with E-state index in [1.54, 1.807) is 0 Å². The molecule has 2 rings (SSSR count). The third-order valence-corrected chi connectivity index (χ3v) is 4.68. The lowest BCUT2D eigenvalue weighted by Gasteiger charge is -2.23. The van der Waals surface area contributed by atoms with Crippen LogP contribution in [0.25, 0.3) is 0 Å². The van der Waals surface area contributed by atoms with Gasteiger partial charge >= 0.3 is 0 Å². The van der Waals surface area contributed by atoms with Gasteiger partial charge in [-0.2, -0.15) is 0 Å². The van der Waals surface area contributed by atoms with Crippen molar-refractivity contribution in [2.45, 2.75) is 37.5 Å². The van der Waals surface area contributed by atoms with Crippen LogP contribution in [0.1, 0.15) is 43.1 Å². The van der Waals surface area contributed by atoms with Crippen molar-refractivity contribution in [2.75, 3.05) is 6.54 Å². The zero-order valence-electron chi connectivity index (χ0n) is 11.4. The van der Waals surface area contributed by atoms with Crippen molar-refractivity contribution < 1.29 is 13.2 Å². The average Bonchev–Trinajstić information content (AvgIpc) is 2.83. The first kappa shape index (κ1) is 14.9. The lowest BCUT2D eigenvalue weighted by atomic mass is 9.89. The number of amides is 1. The van der Waals surface area contributed by atoms with Gasteiger partial charge in [-0.1, -0.05) is 19.8 Å². The highest BCUT2D eigenvalue weighted by atomic mass is 32.2. The van der Waals surface area contributed by atoms with Crippen molar-refractivity contribution in [3.63, 3.8) is 0 Å². The van der Waals surface area contributed by atoms with Crippen LogP contribution in [0.5, 0.6) is 0 Å². The van der Waals surface area contributed by atoms with Gasteiger partial charge in [0.15, 0.2) is 0 Å². The quantitative estimate of drug-likeness (QED) is 0.866. The summed E-state index contributed by atoms with van der Waals surface area (Å²) in [7, 11) is -3.77. The van der Waals surface area contributed by atoms with E-state index >= 15 is 0 Å². The van der Waals surface area contributed by atoms with E-state index in [4.69, 9.17) is 5.14 Å².